The average molecular weight is 325 g/mol. The second kappa shape index (κ2) is 6.16. The van der Waals surface area contributed by atoms with Crippen LogP contribution < -0.4 is 0 Å². The molecule has 0 atom stereocenters. The number of benzene rings is 1. The van der Waals surface area contributed by atoms with Crippen molar-refractivity contribution in [3.63, 3.8) is 0 Å². The summed E-state index contributed by atoms with van der Waals surface area (Å²) in [5, 5.41) is 8.82. The number of halogens is 2. The van der Waals surface area contributed by atoms with E-state index in [1.807, 2.05) is 0 Å². The highest BCUT2D eigenvalue weighted by molar-refractivity contribution is 9.10. The molecule has 1 fully saturated rings. The lowest BCUT2D eigenvalue weighted by molar-refractivity contribution is -0.131. The van der Waals surface area contributed by atoms with Crippen molar-refractivity contribution in [3.05, 3.63) is 34.1 Å². The Hall–Kier alpha value is -1.41. The lowest BCUT2D eigenvalue weighted by Gasteiger charge is -2.29. The second-order valence-corrected chi connectivity index (χ2v) is 5.55. The summed E-state index contributed by atoms with van der Waals surface area (Å²) in [6.07, 6.45) is 1.75. The molecule has 0 unspecified atom stereocenters. The summed E-state index contributed by atoms with van der Waals surface area (Å²) < 4.78 is 13.6. The van der Waals surface area contributed by atoms with Crippen molar-refractivity contribution < 1.29 is 9.18 Å². The molecule has 1 heterocycles. The number of nitrogens with zero attached hydrogens (tertiary/aromatic N) is 2. The molecular weight excluding hydrogens is 311 g/mol. The molecule has 1 aromatic carbocycles. The number of carbonyl (C=O) groups excluding carboxylic acids is 1. The highest BCUT2D eigenvalue weighted by Gasteiger charge is 2.22. The molecule has 0 aromatic heterocycles. The molecule has 100 valence electrons. The van der Waals surface area contributed by atoms with Gasteiger partial charge in [0.2, 0.25) is 5.91 Å². The molecule has 5 heteroatoms. The van der Waals surface area contributed by atoms with Crippen LogP contribution in [0.3, 0.4) is 0 Å². The fraction of sp³-hybridized carbons (Fsp3) is 0.429. The minimum atomic E-state index is -0.321. The van der Waals surface area contributed by atoms with Gasteiger partial charge < -0.3 is 4.90 Å². The number of piperidine rings is 1. The van der Waals surface area contributed by atoms with Gasteiger partial charge in [0.05, 0.1) is 12.5 Å². The summed E-state index contributed by atoms with van der Waals surface area (Å²) in [4.78, 5) is 13.9. The predicted molar refractivity (Wildman–Crippen MR) is 72.7 cm³/mol. The summed E-state index contributed by atoms with van der Waals surface area (Å²) >= 11 is 3.27. The van der Waals surface area contributed by atoms with Gasteiger partial charge in [-0.1, -0.05) is 22.0 Å². The van der Waals surface area contributed by atoms with E-state index in [-0.39, 0.29) is 24.1 Å². The molecule has 0 saturated carbocycles. The zero-order chi connectivity index (χ0) is 13.8. The van der Waals surface area contributed by atoms with Crippen molar-refractivity contribution in [1.82, 2.24) is 4.90 Å². The maximum absolute atomic E-state index is 13.0. The minimum Gasteiger partial charge on any atom is -0.342 e. The van der Waals surface area contributed by atoms with Gasteiger partial charge in [0.25, 0.3) is 0 Å². The van der Waals surface area contributed by atoms with Crippen molar-refractivity contribution in [2.24, 2.45) is 5.92 Å². The first-order valence-corrected chi connectivity index (χ1v) is 7.01. The van der Waals surface area contributed by atoms with Crippen LogP contribution >= 0.6 is 15.9 Å². The second-order valence-electron chi connectivity index (χ2n) is 4.70. The third kappa shape index (κ3) is 3.54. The van der Waals surface area contributed by atoms with Gasteiger partial charge in [-0.25, -0.2) is 4.39 Å². The normalized spacial score (nSPS) is 16.2. The first kappa shape index (κ1) is 14.0. The number of hydrogen-bond acceptors (Lipinski definition) is 2. The Bertz CT molecular complexity index is 519. The molecule has 2 rings (SSSR count). The molecule has 0 N–H and O–H groups in total. The smallest absolute Gasteiger partial charge is 0.227 e. The molecule has 1 aromatic rings. The number of carbonyl (C=O) groups is 1. The van der Waals surface area contributed by atoms with Crippen molar-refractivity contribution >= 4 is 21.8 Å². The Balaban J connectivity index is 1.96. The van der Waals surface area contributed by atoms with E-state index < -0.39 is 0 Å². The standard InChI is InChI=1S/C14H14BrFN2O/c15-13-8-12(16)2-1-11(13)7-14(19)18-5-3-10(9-17)4-6-18/h1-2,8,10H,3-7H2. The molecule has 0 bridgehead atoms. The van der Waals surface area contributed by atoms with E-state index in [4.69, 9.17) is 5.26 Å². The fourth-order valence-electron chi connectivity index (χ4n) is 2.20. The van der Waals surface area contributed by atoms with E-state index >= 15 is 0 Å². The molecule has 0 radical (unpaired) electrons. The quantitative estimate of drug-likeness (QED) is 0.839. The zero-order valence-corrected chi connectivity index (χ0v) is 12.0. The Morgan fingerprint density at radius 2 is 2.16 bits per heavy atom. The summed E-state index contributed by atoms with van der Waals surface area (Å²) in [6.45, 7) is 1.27. The monoisotopic (exact) mass is 324 g/mol. The molecule has 3 nitrogen and oxygen atoms in total. The first-order chi connectivity index (χ1) is 9.10. The van der Waals surface area contributed by atoms with Crippen LogP contribution in [-0.4, -0.2) is 23.9 Å². The summed E-state index contributed by atoms with van der Waals surface area (Å²) in [7, 11) is 0. The molecule has 1 saturated heterocycles. The number of amides is 1. The summed E-state index contributed by atoms with van der Waals surface area (Å²) in [5.74, 6) is -0.219. The van der Waals surface area contributed by atoms with Crippen LogP contribution in [0, 0.1) is 23.1 Å². The third-order valence-corrected chi connectivity index (χ3v) is 4.13. The van der Waals surface area contributed by atoms with Crippen molar-refractivity contribution in [2.75, 3.05) is 13.1 Å². The number of likely N-dealkylation sites (tertiary alicyclic amines) is 1. The molecule has 1 aliphatic heterocycles. The van der Waals surface area contributed by atoms with Gasteiger partial charge in [0, 0.05) is 23.5 Å². The highest BCUT2D eigenvalue weighted by Crippen LogP contribution is 2.21. The van der Waals surface area contributed by atoms with Crippen molar-refractivity contribution in [1.29, 1.82) is 5.26 Å². The zero-order valence-electron chi connectivity index (χ0n) is 10.4. The molecule has 1 aliphatic rings. The van der Waals surface area contributed by atoms with E-state index in [0.29, 0.717) is 17.6 Å². The first-order valence-electron chi connectivity index (χ1n) is 6.21. The maximum Gasteiger partial charge on any atom is 0.227 e. The lowest BCUT2D eigenvalue weighted by Crippen LogP contribution is -2.39. The molecule has 0 spiro atoms. The SMILES string of the molecule is N#CC1CCN(C(=O)Cc2ccc(F)cc2Br)CC1. The van der Waals surface area contributed by atoms with Gasteiger partial charge in [-0.2, -0.15) is 5.26 Å². The molecule has 19 heavy (non-hydrogen) atoms. The van der Waals surface area contributed by atoms with Crippen LogP contribution in [0.1, 0.15) is 18.4 Å². The minimum absolute atomic E-state index is 0.0312. The highest BCUT2D eigenvalue weighted by atomic mass is 79.9. The van der Waals surface area contributed by atoms with Gasteiger partial charge in [0.15, 0.2) is 0 Å². The van der Waals surface area contributed by atoms with E-state index in [1.54, 1.807) is 11.0 Å². The number of hydrogen-bond donors (Lipinski definition) is 0. The van der Waals surface area contributed by atoms with Crippen LogP contribution in [0.2, 0.25) is 0 Å². The maximum atomic E-state index is 13.0. The number of nitriles is 1. The number of rotatable bonds is 2. The van der Waals surface area contributed by atoms with E-state index in [9.17, 15) is 9.18 Å². The van der Waals surface area contributed by atoms with Crippen LogP contribution in [0.4, 0.5) is 4.39 Å². The topological polar surface area (TPSA) is 44.1 Å². The van der Waals surface area contributed by atoms with Gasteiger partial charge in [-0.05, 0) is 30.5 Å². The van der Waals surface area contributed by atoms with Crippen molar-refractivity contribution in [2.45, 2.75) is 19.3 Å². The Labute approximate surface area is 120 Å². The largest absolute Gasteiger partial charge is 0.342 e. The molecular formula is C14H14BrFN2O. The van der Waals surface area contributed by atoms with E-state index in [1.165, 1.54) is 12.1 Å². The Kier molecular flexibility index (Phi) is 4.54. The van der Waals surface area contributed by atoms with Gasteiger partial charge >= 0.3 is 0 Å². The van der Waals surface area contributed by atoms with Crippen molar-refractivity contribution in [3.8, 4) is 6.07 Å². The van der Waals surface area contributed by atoms with Crippen LogP contribution in [0.5, 0.6) is 0 Å². The third-order valence-electron chi connectivity index (χ3n) is 3.39. The predicted octanol–water partition coefficient (Wildman–Crippen LogP) is 2.89. The van der Waals surface area contributed by atoms with Gasteiger partial charge in [-0.3, -0.25) is 4.79 Å². The summed E-state index contributed by atoms with van der Waals surface area (Å²) in [6, 6.07) is 6.59. The van der Waals surface area contributed by atoms with E-state index in [0.717, 1.165) is 18.4 Å². The van der Waals surface area contributed by atoms with Gasteiger partial charge in [0.1, 0.15) is 5.82 Å². The van der Waals surface area contributed by atoms with Crippen LogP contribution in [0.25, 0.3) is 0 Å². The van der Waals surface area contributed by atoms with Crippen LogP contribution in [-0.2, 0) is 11.2 Å². The Morgan fingerprint density at radius 1 is 1.47 bits per heavy atom. The average Bonchev–Trinajstić information content (AvgIpc) is 2.42. The fourth-order valence-corrected chi connectivity index (χ4v) is 2.69. The Morgan fingerprint density at radius 3 is 2.74 bits per heavy atom. The van der Waals surface area contributed by atoms with Crippen LogP contribution in [0.15, 0.2) is 22.7 Å². The van der Waals surface area contributed by atoms with E-state index in [2.05, 4.69) is 22.0 Å². The molecule has 1 amide bonds. The lowest BCUT2D eigenvalue weighted by atomic mass is 9.98. The summed E-state index contributed by atoms with van der Waals surface area (Å²) in [5.41, 5.74) is 0.786. The molecule has 0 aliphatic carbocycles. The van der Waals surface area contributed by atoms with Gasteiger partial charge in [-0.15, -0.1) is 0 Å².